The zero-order valence-corrected chi connectivity index (χ0v) is 18.3. The number of ether oxygens (including phenoxy) is 1. The number of fused-ring (bicyclic) bond motifs is 1. The molecule has 2 saturated heterocycles. The SMILES string of the molecule is O=C(c1ccc(S(=O)(=O)N2CCOCC2)cc1)N1CCCC(c2nnc3n2CCC3)C1. The van der Waals surface area contributed by atoms with E-state index in [0.717, 1.165) is 43.9 Å². The summed E-state index contributed by atoms with van der Waals surface area (Å²) in [6.45, 7) is 3.79. The number of hydrogen-bond acceptors (Lipinski definition) is 6. The lowest BCUT2D eigenvalue weighted by atomic mass is 9.96. The summed E-state index contributed by atoms with van der Waals surface area (Å²) in [5, 5.41) is 8.72. The Bertz CT molecular complexity index is 1060. The average molecular weight is 446 g/mol. The van der Waals surface area contributed by atoms with E-state index < -0.39 is 10.0 Å². The highest BCUT2D eigenvalue weighted by Gasteiger charge is 2.31. The van der Waals surface area contributed by atoms with Crippen molar-refractivity contribution in [1.29, 1.82) is 0 Å². The third-order valence-corrected chi connectivity index (χ3v) is 8.33. The Morgan fingerprint density at radius 3 is 2.55 bits per heavy atom. The van der Waals surface area contributed by atoms with Crippen LogP contribution < -0.4 is 0 Å². The highest BCUT2D eigenvalue weighted by Crippen LogP contribution is 2.29. The van der Waals surface area contributed by atoms with Gasteiger partial charge in [0.25, 0.3) is 5.91 Å². The van der Waals surface area contributed by atoms with E-state index in [0.29, 0.717) is 45.0 Å². The third kappa shape index (κ3) is 3.88. The van der Waals surface area contributed by atoms with E-state index in [1.807, 2.05) is 4.90 Å². The van der Waals surface area contributed by atoms with Crippen LogP contribution in [0.3, 0.4) is 0 Å². The Morgan fingerprint density at radius 1 is 1.00 bits per heavy atom. The summed E-state index contributed by atoms with van der Waals surface area (Å²) < 4.78 is 34.5. The second-order valence-electron chi connectivity index (χ2n) is 8.36. The molecule has 10 heteroatoms. The van der Waals surface area contributed by atoms with Gasteiger partial charge in [-0.05, 0) is 43.5 Å². The smallest absolute Gasteiger partial charge is 0.253 e. The molecule has 1 aromatic heterocycles. The van der Waals surface area contributed by atoms with Crippen molar-refractivity contribution in [2.24, 2.45) is 0 Å². The van der Waals surface area contributed by atoms with Crippen LogP contribution in [-0.4, -0.2) is 77.7 Å². The molecule has 166 valence electrons. The van der Waals surface area contributed by atoms with Gasteiger partial charge in [-0.3, -0.25) is 4.79 Å². The topological polar surface area (TPSA) is 97.6 Å². The normalized spacial score (nSPS) is 22.5. The van der Waals surface area contributed by atoms with Crippen LogP contribution >= 0.6 is 0 Å². The number of aryl methyl sites for hydroxylation is 1. The fraction of sp³-hybridized carbons (Fsp3) is 0.571. The monoisotopic (exact) mass is 445 g/mol. The molecule has 5 rings (SSSR count). The van der Waals surface area contributed by atoms with E-state index in [1.54, 1.807) is 12.1 Å². The fourth-order valence-corrected chi connectivity index (χ4v) is 6.14. The van der Waals surface area contributed by atoms with Crippen molar-refractivity contribution in [2.45, 2.75) is 43.0 Å². The van der Waals surface area contributed by atoms with Crippen molar-refractivity contribution in [3.8, 4) is 0 Å². The lowest BCUT2D eigenvalue weighted by Crippen LogP contribution is -2.40. The molecule has 3 aliphatic heterocycles. The summed E-state index contributed by atoms with van der Waals surface area (Å²) in [7, 11) is -3.56. The van der Waals surface area contributed by atoms with Gasteiger partial charge in [0, 0.05) is 50.6 Å². The van der Waals surface area contributed by atoms with Gasteiger partial charge >= 0.3 is 0 Å². The molecule has 0 spiro atoms. The van der Waals surface area contributed by atoms with Gasteiger partial charge in [-0.25, -0.2) is 8.42 Å². The van der Waals surface area contributed by atoms with Crippen molar-refractivity contribution >= 4 is 15.9 Å². The minimum absolute atomic E-state index is 0.0684. The summed E-state index contributed by atoms with van der Waals surface area (Å²) in [6, 6.07) is 6.30. The Labute approximate surface area is 182 Å². The van der Waals surface area contributed by atoms with Crippen LogP contribution in [0.15, 0.2) is 29.2 Å². The molecule has 0 N–H and O–H groups in total. The highest BCUT2D eigenvalue weighted by molar-refractivity contribution is 7.89. The van der Waals surface area contributed by atoms with Crippen LogP contribution in [0.2, 0.25) is 0 Å². The molecule has 1 atom stereocenters. The van der Waals surface area contributed by atoms with Crippen molar-refractivity contribution in [2.75, 3.05) is 39.4 Å². The standard InChI is InChI=1S/C21H27N5O4S/c27-21(16-5-7-18(8-6-16)31(28,29)25-11-13-30-14-12-25)24-9-1-3-17(15-24)20-23-22-19-4-2-10-26(19)20/h5-8,17H,1-4,9-15H2. The third-order valence-electron chi connectivity index (χ3n) is 6.42. The van der Waals surface area contributed by atoms with E-state index >= 15 is 0 Å². The van der Waals surface area contributed by atoms with Gasteiger partial charge in [0.05, 0.1) is 18.1 Å². The largest absolute Gasteiger partial charge is 0.379 e. The van der Waals surface area contributed by atoms with Crippen LogP contribution in [0, 0.1) is 0 Å². The number of rotatable bonds is 4. The van der Waals surface area contributed by atoms with Crippen LogP contribution in [0.25, 0.3) is 0 Å². The molecule has 31 heavy (non-hydrogen) atoms. The number of carbonyl (C=O) groups excluding carboxylic acids is 1. The second-order valence-corrected chi connectivity index (χ2v) is 10.3. The zero-order chi connectivity index (χ0) is 21.4. The molecule has 0 saturated carbocycles. The number of aromatic nitrogens is 3. The van der Waals surface area contributed by atoms with Crippen molar-refractivity contribution < 1.29 is 17.9 Å². The summed E-state index contributed by atoms with van der Waals surface area (Å²) in [4.78, 5) is 15.2. The number of benzene rings is 1. The molecule has 3 aliphatic rings. The molecule has 1 amide bonds. The number of morpholine rings is 1. The maximum atomic E-state index is 13.1. The number of nitrogens with zero attached hydrogens (tertiary/aromatic N) is 5. The van der Waals surface area contributed by atoms with Gasteiger partial charge in [0.2, 0.25) is 10.0 Å². The number of piperidine rings is 1. The lowest BCUT2D eigenvalue weighted by Gasteiger charge is -2.32. The number of carbonyl (C=O) groups is 1. The quantitative estimate of drug-likeness (QED) is 0.703. The van der Waals surface area contributed by atoms with Gasteiger partial charge in [-0.1, -0.05) is 0 Å². The van der Waals surface area contributed by atoms with E-state index in [1.165, 1.54) is 16.4 Å². The number of amides is 1. The number of likely N-dealkylation sites (tertiary alicyclic amines) is 1. The first-order valence-corrected chi connectivity index (χ1v) is 12.4. The number of sulfonamides is 1. The summed E-state index contributed by atoms with van der Waals surface area (Å²) in [5.74, 6) is 2.17. The first kappa shape index (κ1) is 20.6. The second kappa shape index (κ2) is 8.33. The molecule has 0 aliphatic carbocycles. The Kier molecular flexibility index (Phi) is 5.53. The predicted octanol–water partition coefficient (Wildman–Crippen LogP) is 1.26. The van der Waals surface area contributed by atoms with Crippen LogP contribution in [0.5, 0.6) is 0 Å². The minimum Gasteiger partial charge on any atom is -0.379 e. The Balaban J connectivity index is 1.29. The lowest BCUT2D eigenvalue weighted by molar-refractivity contribution is 0.0703. The summed E-state index contributed by atoms with van der Waals surface area (Å²) in [6.07, 6.45) is 4.00. The Morgan fingerprint density at radius 2 is 1.77 bits per heavy atom. The maximum absolute atomic E-state index is 13.1. The van der Waals surface area contributed by atoms with E-state index in [4.69, 9.17) is 4.74 Å². The molecule has 1 unspecified atom stereocenters. The van der Waals surface area contributed by atoms with Crippen molar-refractivity contribution in [3.63, 3.8) is 0 Å². The fourth-order valence-electron chi connectivity index (χ4n) is 4.74. The van der Waals surface area contributed by atoms with Gasteiger partial charge < -0.3 is 14.2 Å². The van der Waals surface area contributed by atoms with Crippen molar-refractivity contribution in [1.82, 2.24) is 24.0 Å². The molecular weight excluding hydrogens is 418 g/mol. The maximum Gasteiger partial charge on any atom is 0.253 e. The van der Waals surface area contributed by atoms with E-state index in [9.17, 15) is 13.2 Å². The zero-order valence-electron chi connectivity index (χ0n) is 17.4. The molecule has 0 radical (unpaired) electrons. The Hall–Kier alpha value is -2.30. The first-order chi connectivity index (χ1) is 15.0. The first-order valence-electron chi connectivity index (χ1n) is 10.9. The molecule has 0 bridgehead atoms. The molecular formula is C21H27N5O4S. The molecule has 4 heterocycles. The van der Waals surface area contributed by atoms with Crippen molar-refractivity contribution in [3.05, 3.63) is 41.5 Å². The average Bonchev–Trinajstić information content (AvgIpc) is 3.43. The van der Waals surface area contributed by atoms with Gasteiger partial charge in [0.1, 0.15) is 11.6 Å². The highest BCUT2D eigenvalue weighted by atomic mass is 32.2. The van der Waals surface area contributed by atoms with E-state index in [2.05, 4.69) is 14.8 Å². The summed E-state index contributed by atoms with van der Waals surface area (Å²) >= 11 is 0. The van der Waals surface area contributed by atoms with Crippen LogP contribution in [0.1, 0.15) is 47.2 Å². The van der Waals surface area contributed by atoms with Gasteiger partial charge in [-0.2, -0.15) is 4.31 Å². The number of hydrogen-bond donors (Lipinski definition) is 0. The molecule has 9 nitrogen and oxygen atoms in total. The molecule has 2 aromatic rings. The predicted molar refractivity (Wildman–Crippen MR) is 112 cm³/mol. The molecule has 2 fully saturated rings. The van der Waals surface area contributed by atoms with E-state index in [-0.39, 0.29) is 16.7 Å². The van der Waals surface area contributed by atoms with Crippen LogP contribution in [-0.2, 0) is 27.7 Å². The summed E-state index contributed by atoms with van der Waals surface area (Å²) in [5.41, 5.74) is 0.507. The minimum atomic E-state index is -3.56. The van der Waals surface area contributed by atoms with Crippen LogP contribution in [0.4, 0.5) is 0 Å². The van der Waals surface area contributed by atoms with Gasteiger partial charge in [-0.15, -0.1) is 10.2 Å². The van der Waals surface area contributed by atoms with Gasteiger partial charge in [0.15, 0.2) is 0 Å². The molecule has 1 aromatic carbocycles.